The number of rotatable bonds is 5. The van der Waals surface area contributed by atoms with Crippen molar-refractivity contribution in [2.24, 2.45) is 0 Å². The minimum Gasteiger partial charge on any atom is -0.457 e. The summed E-state index contributed by atoms with van der Waals surface area (Å²) in [7, 11) is 0. The molecule has 11 rings (SSSR count). The molecule has 0 unspecified atom stereocenters. The lowest BCUT2D eigenvalue weighted by Crippen LogP contribution is -1.98. The third-order valence-corrected chi connectivity index (χ3v) is 9.78. The normalized spacial score (nSPS) is 11.9. The van der Waals surface area contributed by atoms with Crippen LogP contribution in [0.1, 0.15) is 0 Å². The van der Waals surface area contributed by atoms with Crippen molar-refractivity contribution in [3.8, 4) is 34.0 Å². The second kappa shape index (κ2) is 10.7. The van der Waals surface area contributed by atoms with Crippen LogP contribution in [-0.2, 0) is 0 Å². The number of nitrogens with zero attached hydrogens (tertiary/aromatic N) is 6. The highest BCUT2D eigenvalue weighted by atomic mass is 16.5. The number of hydrogen-bond acceptors (Lipinski definition) is 3. The van der Waals surface area contributed by atoms with Crippen molar-refractivity contribution in [2.75, 3.05) is 0 Å². The molecule has 0 bridgehead atoms. The lowest BCUT2D eigenvalue weighted by molar-refractivity contribution is 0.482. The molecule has 240 valence electrons. The molecule has 11 aromatic rings. The number of hydrogen-bond donors (Lipinski definition) is 0. The van der Waals surface area contributed by atoms with Crippen LogP contribution in [0.15, 0.2) is 170 Å². The van der Waals surface area contributed by atoms with Gasteiger partial charge in [0.2, 0.25) is 11.6 Å². The van der Waals surface area contributed by atoms with E-state index < -0.39 is 0 Å². The second-order valence-corrected chi connectivity index (χ2v) is 12.8. The van der Waals surface area contributed by atoms with Crippen LogP contribution in [0.2, 0.25) is 0 Å². The van der Waals surface area contributed by atoms with E-state index in [4.69, 9.17) is 14.7 Å². The number of aromatic nitrogens is 6. The highest BCUT2D eigenvalue weighted by Gasteiger charge is 2.20. The van der Waals surface area contributed by atoms with E-state index in [9.17, 15) is 0 Å². The van der Waals surface area contributed by atoms with E-state index in [-0.39, 0.29) is 0 Å². The minimum absolute atomic E-state index is 0.726. The summed E-state index contributed by atoms with van der Waals surface area (Å²) in [5.74, 6) is 3.17. The molecule has 0 atom stereocenters. The summed E-state index contributed by atoms with van der Waals surface area (Å²) in [5.41, 5.74) is 12.5. The van der Waals surface area contributed by atoms with E-state index in [0.29, 0.717) is 0 Å². The Labute approximate surface area is 291 Å². The first-order chi connectivity index (χ1) is 25.3. The van der Waals surface area contributed by atoms with Crippen molar-refractivity contribution in [1.29, 1.82) is 0 Å². The molecular formula is C44H28N6O. The topological polar surface area (TPSA) is 53.7 Å². The van der Waals surface area contributed by atoms with Gasteiger partial charge in [-0.15, -0.1) is 0 Å². The summed E-state index contributed by atoms with van der Waals surface area (Å²) in [6.45, 7) is 0. The summed E-state index contributed by atoms with van der Waals surface area (Å²) in [6, 6.07) is 58.6. The molecule has 7 aromatic carbocycles. The summed E-state index contributed by atoms with van der Waals surface area (Å²) < 4.78 is 15.7. The van der Waals surface area contributed by atoms with Gasteiger partial charge in [-0.3, -0.25) is 17.9 Å². The van der Waals surface area contributed by atoms with E-state index in [1.54, 1.807) is 0 Å². The van der Waals surface area contributed by atoms with Gasteiger partial charge in [-0.2, -0.15) is 0 Å². The number of fused-ring (bicyclic) bond motifs is 10. The largest absolute Gasteiger partial charge is 0.457 e. The molecule has 7 nitrogen and oxygen atoms in total. The third-order valence-electron chi connectivity index (χ3n) is 9.78. The van der Waals surface area contributed by atoms with Gasteiger partial charge in [0.05, 0.1) is 55.5 Å². The van der Waals surface area contributed by atoms with Crippen LogP contribution >= 0.6 is 0 Å². The van der Waals surface area contributed by atoms with E-state index >= 15 is 0 Å². The zero-order valence-electron chi connectivity index (χ0n) is 27.3. The maximum atomic E-state index is 6.80. The highest BCUT2D eigenvalue weighted by molar-refractivity contribution is 5.93. The maximum Gasteiger partial charge on any atom is 0.220 e. The van der Waals surface area contributed by atoms with Crippen molar-refractivity contribution in [2.45, 2.75) is 0 Å². The molecule has 0 aliphatic heterocycles. The predicted molar refractivity (Wildman–Crippen MR) is 205 cm³/mol. The first-order valence-electron chi connectivity index (χ1n) is 17.0. The van der Waals surface area contributed by atoms with Crippen molar-refractivity contribution >= 4 is 55.7 Å². The number of benzene rings is 7. The lowest BCUT2D eigenvalue weighted by atomic mass is 10.0. The van der Waals surface area contributed by atoms with Gasteiger partial charge in [0.25, 0.3) is 0 Å². The fraction of sp³-hybridized carbons (Fsp3) is 0. The fourth-order valence-electron chi connectivity index (χ4n) is 7.60. The Bertz CT molecular complexity index is 3130. The van der Waals surface area contributed by atoms with Gasteiger partial charge in [-0.25, -0.2) is 9.97 Å². The summed E-state index contributed by atoms with van der Waals surface area (Å²) >= 11 is 0. The van der Waals surface area contributed by atoms with Crippen LogP contribution in [0.3, 0.4) is 0 Å². The molecule has 51 heavy (non-hydrogen) atoms. The first-order valence-corrected chi connectivity index (χ1v) is 17.0. The monoisotopic (exact) mass is 656 g/mol. The third kappa shape index (κ3) is 4.18. The van der Waals surface area contributed by atoms with E-state index in [1.807, 2.05) is 30.3 Å². The van der Waals surface area contributed by atoms with Crippen LogP contribution in [0, 0.1) is 0 Å². The van der Waals surface area contributed by atoms with Gasteiger partial charge in [0.15, 0.2) is 0 Å². The standard InChI is InChI=1S/C44H28N6O/c1-2-13-29(14-3-1)30-25-32(48-40-22-9-11-24-42(40)50-38-20-7-5-18-36(38)46-44(48)50)28-34(26-30)51-33-16-12-15-31(27-33)47-39-21-8-10-23-41(39)49-37-19-6-4-17-35(37)45-43(47)49/h1-28H. The fourth-order valence-corrected chi connectivity index (χ4v) is 7.60. The molecule has 0 radical (unpaired) electrons. The Hall–Kier alpha value is -7.12. The molecule has 0 N–H and O–H groups in total. The maximum absolute atomic E-state index is 6.80. The van der Waals surface area contributed by atoms with Crippen molar-refractivity contribution < 1.29 is 4.74 Å². The quantitative estimate of drug-likeness (QED) is 0.185. The molecule has 0 amide bonds. The number of ether oxygens (including phenoxy) is 1. The van der Waals surface area contributed by atoms with Crippen LogP contribution in [0.5, 0.6) is 11.5 Å². The Morgan fingerprint density at radius 1 is 0.353 bits per heavy atom. The van der Waals surface area contributed by atoms with Crippen molar-refractivity contribution in [1.82, 2.24) is 27.9 Å². The van der Waals surface area contributed by atoms with Gasteiger partial charge in [0, 0.05) is 12.1 Å². The Morgan fingerprint density at radius 3 is 1.49 bits per heavy atom. The smallest absolute Gasteiger partial charge is 0.220 e. The van der Waals surface area contributed by atoms with Gasteiger partial charge in [-0.05, 0) is 83.9 Å². The summed E-state index contributed by atoms with van der Waals surface area (Å²) in [6.07, 6.45) is 0. The molecule has 0 saturated carbocycles. The molecule has 0 saturated heterocycles. The highest BCUT2D eigenvalue weighted by Crippen LogP contribution is 2.36. The van der Waals surface area contributed by atoms with Crippen LogP contribution in [0.4, 0.5) is 0 Å². The minimum atomic E-state index is 0.726. The van der Waals surface area contributed by atoms with Crippen LogP contribution in [-0.4, -0.2) is 27.9 Å². The van der Waals surface area contributed by atoms with Gasteiger partial charge in [-0.1, -0.05) is 84.9 Å². The zero-order chi connectivity index (χ0) is 33.5. The van der Waals surface area contributed by atoms with Gasteiger partial charge in [0.1, 0.15) is 11.5 Å². The Morgan fingerprint density at radius 2 is 0.863 bits per heavy atom. The molecule has 4 aromatic heterocycles. The van der Waals surface area contributed by atoms with Crippen LogP contribution in [0.25, 0.3) is 78.2 Å². The lowest BCUT2D eigenvalue weighted by Gasteiger charge is -2.14. The molecule has 0 aliphatic rings. The molecule has 4 heterocycles. The molecular weight excluding hydrogens is 629 g/mol. The van der Waals surface area contributed by atoms with Crippen LogP contribution < -0.4 is 4.74 Å². The summed E-state index contributed by atoms with van der Waals surface area (Å²) in [5, 5.41) is 0. The van der Waals surface area contributed by atoms with E-state index in [1.165, 1.54) is 0 Å². The van der Waals surface area contributed by atoms with Gasteiger partial charge >= 0.3 is 0 Å². The van der Waals surface area contributed by atoms with Crippen molar-refractivity contribution in [3.05, 3.63) is 170 Å². The average molecular weight is 657 g/mol. The van der Waals surface area contributed by atoms with E-state index in [2.05, 4.69) is 157 Å². The first kappa shape index (κ1) is 27.8. The molecule has 0 spiro atoms. The molecule has 0 fully saturated rings. The second-order valence-electron chi connectivity index (χ2n) is 12.8. The SMILES string of the molecule is c1ccc(-c2cc(Oc3cccc(-n4c5ccccc5n5c6ccccc6nc45)c3)cc(-n3c4ccccc4n4c5ccccc5nc34)c2)cc1. The van der Waals surface area contributed by atoms with Gasteiger partial charge < -0.3 is 4.74 Å². The Balaban J connectivity index is 1.09. The Kier molecular flexibility index (Phi) is 5.83. The van der Waals surface area contributed by atoms with E-state index in [0.717, 1.165) is 89.7 Å². The zero-order valence-corrected chi connectivity index (χ0v) is 27.3. The number of para-hydroxylation sites is 8. The average Bonchev–Trinajstić information content (AvgIpc) is 3.91. The molecule has 7 heteroatoms. The number of imidazole rings is 4. The van der Waals surface area contributed by atoms with Crippen molar-refractivity contribution in [3.63, 3.8) is 0 Å². The molecule has 0 aliphatic carbocycles. The predicted octanol–water partition coefficient (Wildman–Crippen LogP) is 10.6. The summed E-state index contributed by atoms with van der Waals surface area (Å²) in [4.78, 5) is 10.2.